The fraction of sp³-hybridized carbons (Fsp3) is 0.700. The number of nitrogens with two attached hydrogens (primary N) is 4. The van der Waals surface area contributed by atoms with Crippen molar-refractivity contribution < 1.29 is 34.2 Å². The highest BCUT2D eigenvalue weighted by atomic mass is 16.4. The van der Waals surface area contributed by atoms with Gasteiger partial charge in [0.15, 0.2) is 12.0 Å². The number of hydrogen-bond acceptors (Lipinski definition) is 8. The molecule has 0 bridgehead atoms. The first-order valence-corrected chi connectivity index (χ1v) is 11.3. The van der Waals surface area contributed by atoms with Gasteiger partial charge in [0.2, 0.25) is 23.6 Å². The lowest BCUT2D eigenvalue weighted by atomic mass is 10.1. The Balaban J connectivity index is 2.98. The number of carboxylic acids is 1. The summed E-state index contributed by atoms with van der Waals surface area (Å²) in [5, 5.41) is 23.7. The van der Waals surface area contributed by atoms with Crippen LogP contribution in [0.5, 0.6) is 0 Å². The van der Waals surface area contributed by atoms with Crippen LogP contribution in [0.25, 0.3) is 0 Å². The Kier molecular flexibility index (Phi) is 11.9. The van der Waals surface area contributed by atoms with E-state index in [0.29, 0.717) is 12.8 Å². The molecule has 0 aromatic rings. The third-order valence-electron chi connectivity index (χ3n) is 5.48. The van der Waals surface area contributed by atoms with Gasteiger partial charge in [-0.05, 0) is 39.0 Å². The van der Waals surface area contributed by atoms with Gasteiger partial charge in [-0.2, -0.15) is 0 Å². The van der Waals surface area contributed by atoms with E-state index in [1.807, 2.05) is 0 Å². The molecule has 0 aromatic heterocycles. The van der Waals surface area contributed by atoms with Gasteiger partial charge in [0.25, 0.3) is 0 Å². The number of aliphatic carboxylic acids is 1. The van der Waals surface area contributed by atoms with Gasteiger partial charge in [0, 0.05) is 19.5 Å². The zero-order valence-electron chi connectivity index (χ0n) is 19.7. The van der Waals surface area contributed by atoms with Crippen LogP contribution >= 0.6 is 0 Å². The van der Waals surface area contributed by atoms with Crippen LogP contribution in [0.15, 0.2) is 4.99 Å². The van der Waals surface area contributed by atoms with Gasteiger partial charge in [0.05, 0.1) is 12.1 Å². The Morgan fingerprint density at radius 3 is 2.31 bits per heavy atom. The van der Waals surface area contributed by atoms with Crippen molar-refractivity contribution in [2.75, 3.05) is 13.1 Å². The van der Waals surface area contributed by atoms with Crippen LogP contribution in [-0.4, -0.2) is 94.0 Å². The number of carbonyl (C=O) groups is 5. The second kappa shape index (κ2) is 14.1. The van der Waals surface area contributed by atoms with E-state index in [9.17, 15) is 34.2 Å². The number of rotatable bonds is 14. The van der Waals surface area contributed by atoms with Gasteiger partial charge in [-0.15, -0.1) is 0 Å². The molecule has 0 spiro atoms. The number of carboxylic acid groups (broad SMARTS) is 1. The molecule has 1 fully saturated rings. The molecule has 0 aliphatic carbocycles. The van der Waals surface area contributed by atoms with Crippen molar-refractivity contribution in [1.29, 1.82) is 0 Å². The van der Waals surface area contributed by atoms with Crippen molar-refractivity contribution in [2.45, 2.75) is 75.7 Å². The molecular formula is C20H36N8O7. The van der Waals surface area contributed by atoms with Gasteiger partial charge in [-0.1, -0.05) is 0 Å². The molecule has 15 heteroatoms. The number of nitrogens with zero attached hydrogens (tertiary/aromatic N) is 2. The standard InChI is InChI=1S/C20H36N8O7/c1-10(29)15(19(34)35)27-17(32)13-5-3-9-28(13)18(33)12(4-2-8-25-20(23)24)26-16(31)11(21)6-7-14(22)30/h10-13,15,29H,2-9,21H2,1H3,(H2,22,30)(H,26,31)(H,27,32)(H,34,35)(H4,23,24,25). The minimum Gasteiger partial charge on any atom is -0.480 e. The van der Waals surface area contributed by atoms with E-state index in [2.05, 4.69) is 15.6 Å². The summed E-state index contributed by atoms with van der Waals surface area (Å²) in [4.78, 5) is 66.0. The summed E-state index contributed by atoms with van der Waals surface area (Å²) in [5.41, 5.74) is 21.5. The van der Waals surface area contributed by atoms with Gasteiger partial charge in [0.1, 0.15) is 12.1 Å². The Morgan fingerprint density at radius 2 is 1.77 bits per heavy atom. The summed E-state index contributed by atoms with van der Waals surface area (Å²) in [7, 11) is 0. The third kappa shape index (κ3) is 9.74. The Hall–Kier alpha value is -3.46. The second-order valence-electron chi connectivity index (χ2n) is 8.38. The van der Waals surface area contributed by atoms with Crippen LogP contribution < -0.4 is 33.6 Å². The highest BCUT2D eigenvalue weighted by Gasteiger charge is 2.39. The minimum absolute atomic E-state index is 0.0132. The average molecular weight is 501 g/mol. The summed E-state index contributed by atoms with van der Waals surface area (Å²) in [6, 6.07) is -4.69. The summed E-state index contributed by atoms with van der Waals surface area (Å²) in [6.45, 7) is 1.62. The largest absolute Gasteiger partial charge is 0.480 e. The summed E-state index contributed by atoms with van der Waals surface area (Å²) in [6.07, 6.45) is -0.286. The number of carbonyl (C=O) groups excluding carboxylic acids is 4. The molecule has 0 saturated carbocycles. The number of primary amides is 1. The molecule has 5 atom stereocenters. The molecule has 4 amide bonds. The first-order chi connectivity index (χ1) is 16.3. The molecule has 15 nitrogen and oxygen atoms in total. The molecule has 35 heavy (non-hydrogen) atoms. The van der Waals surface area contributed by atoms with Gasteiger partial charge >= 0.3 is 5.97 Å². The number of likely N-dealkylation sites (tertiary alicyclic amines) is 1. The van der Waals surface area contributed by atoms with Crippen LogP contribution in [0.2, 0.25) is 0 Å². The third-order valence-corrected chi connectivity index (χ3v) is 5.48. The Bertz CT molecular complexity index is 815. The fourth-order valence-corrected chi connectivity index (χ4v) is 3.61. The summed E-state index contributed by atoms with van der Waals surface area (Å²) >= 11 is 0. The lowest BCUT2D eigenvalue weighted by Gasteiger charge is -2.30. The number of hydrogen-bond donors (Lipinski definition) is 8. The van der Waals surface area contributed by atoms with Crippen LogP contribution in [0, 0.1) is 0 Å². The summed E-state index contributed by atoms with van der Waals surface area (Å²) < 4.78 is 0. The molecular weight excluding hydrogens is 464 g/mol. The van der Waals surface area contributed by atoms with E-state index in [1.165, 1.54) is 11.8 Å². The van der Waals surface area contributed by atoms with Crippen LogP contribution in [0.4, 0.5) is 0 Å². The predicted octanol–water partition coefficient (Wildman–Crippen LogP) is -3.94. The fourth-order valence-electron chi connectivity index (χ4n) is 3.61. The Labute approximate surface area is 202 Å². The van der Waals surface area contributed by atoms with Crippen molar-refractivity contribution >= 4 is 35.6 Å². The molecule has 1 aliphatic heterocycles. The van der Waals surface area contributed by atoms with Crippen LogP contribution in [0.1, 0.15) is 45.4 Å². The molecule has 1 heterocycles. The number of aliphatic hydroxyl groups is 1. The zero-order valence-corrected chi connectivity index (χ0v) is 19.7. The monoisotopic (exact) mass is 500 g/mol. The van der Waals surface area contributed by atoms with Crippen LogP contribution in [-0.2, 0) is 24.0 Å². The first-order valence-electron chi connectivity index (χ1n) is 11.3. The van der Waals surface area contributed by atoms with Crippen molar-refractivity contribution in [3.63, 3.8) is 0 Å². The second-order valence-corrected chi connectivity index (χ2v) is 8.38. The molecule has 5 unspecified atom stereocenters. The molecule has 1 aliphatic rings. The van der Waals surface area contributed by atoms with Crippen molar-refractivity contribution in [1.82, 2.24) is 15.5 Å². The minimum atomic E-state index is -1.54. The van der Waals surface area contributed by atoms with Gasteiger partial charge in [-0.25, -0.2) is 4.79 Å². The SMILES string of the molecule is CC(O)C(NC(=O)C1CCCN1C(=O)C(CCCN=C(N)N)NC(=O)C(N)CCC(N)=O)C(=O)O. The smallest absolute Gasteiger partial charge is 0.328 e. The zero-order chi connectivity index (χ0) is 26.7. The van der Waals surface area contributed by atoms with Crippen molar-refractivity contribution in [3.05, 3.63) is 0 Å². The summed E-state index contributed by atoms with van der Waals surface area (Å²) in [5.74, 6) is -4.14. The van der Waals surface area contributed by atoms with E-state index < -0.39 is 59.9 Å². The maximum absolute atomic E-state index is 13.3. The number of amides is 4. The van der Waals surface area contributed by atoms with Crippen molar-refractivity contribution in [3.8, 4) is 0 Å². The Morgan fingerprint density at radius 1 is 1.11 bits per heavy atom. The van der Waals surface area contributed by atoms with Gasteiger partial charge < -0.3 is 48.7 Å². The highest BCUT2D eigenvalue weighted by molar-refractivity contribution is 5.94. The van der Waals surface area contributed by atoms with E-state index in [4.69, 9.17) is 22.9 Å². The molecule has 1 rings (SSSR count). The van der Waals surface area contributed by atoms with Crippen molar-refractivity contribution in [2.24, 2.45) is 27.9 Å². The molecule has 0 aromatic carbocycles. The number of aliphatic imine (C=N–C) groups is 1. The lowest BCUT2D eigenvalue weighted by molar-refractivity contribution is -0.147. The van der Waals surface area contributed by atoms with E-state index in [0.717, 1.165) is 0 Å². The number of nitrogens with one attached hydrogen (secondary N) is 2. The average Bonchev–Trinajstić information content (AvgIpc) is 3.26. The number of guanidine groups is 1. The van der Waals surface area contributed by atoms with Crippen LogP contribution in [0.3, 0.4) is 0 Å². The topological polar surface area (TPSA) is 270 Å². The molecule has 1 saturated heterocycles. The van der Waals surface area contributed by atoms with Gasteiger partial charge in [-0.3, -0.25) is 24.2 Å². The first kappa shape index (κ1) is 29.6. The van der Waals surface area contributed by atoms with E-state index in [1.54, 1.807) is 0 Å². The maximum Gasteiger partial charge on any atom is 0.328 e. The maximum atomic E-state index is 13.3. The van der Waals surface area contributed by atoms with E-state index >= 15 is 0 Å². The lowest BCUT2D eigenvalue weighted by Crippen LogP contribution is -2.57. The molecule has 0 radical (unpaired) electrons. The quantitative estimate of drug-likeness (QED) is 0.0651. The number of aliphatic hydroxyl groups excluding tert-OH is 1. The van der Waals surface area contributed by atoms with E-state index in [-0.39, 0.29) is 44.7 Å². The predicted molar refractivity (Wildman–Crippen MR) is 124 cm³/mol. The highest BCUT2D eigenvalue weighted by Crippen LogP contribution is 2.20. The molecule has 12 N–H and O–H groups in total. The molecule has 198 valence electrons. The normalized spacial score (nSPS) is 18.6.